The fourth-order valence-electron chi connectivity index (χ4n) is 1.81. The number of carboxylic acid groups (broad SMARTS) is 2. The molecule has 30 heavy (non-hydrogen) atoms. The van der Waals surface area contributed by atoms with Crippen LogP contribution in [0.2, 0.25) is 0 Å². The minimum atomic E-state index is -1.51. The number of nitrogens with zero attached hydrogens (tertiary/aromatic N) is 2. The number of hydrogen-bond acceptors (Lipinski definition) is 10. The predicted molar refractivity (Wildman–Crippen MR) is 79.2 cm³/mol. The molecule has 0 amide bonds. The molecule has 2 aromatic rings. The van der Waals surface area contributed by atoms with Gasteiger partial charge in [-0.1, -0.05) is 23.3 Å². The number of benzene rings is 2. The standard InChI is InChI=1S/C16H8N2O6.4Na.2H2O/c19-7-9-1-11(15(21)22)5-13(3-9)17-18-14-4-10(8-20)2-12(6-14)16(23)24;;;;;;/h1-6H,(H,21,22)(H,23,24);;;;;2*1H2/q-2;4*+1;;/p-4. The minimum Gasteiger partial charge on any atom is -0.870 e. The molecule has 0 saturated heterocycles. The van der Waals surface area contributed by atoms with Crippen molar-refractivity contribution in [2.75, 3.05) is 0 Å². The first-order valence-electron chi connectivity index (χ1n) is 6.34. The molecule has 0 unspecified atom stereocenters. The Morgan fingerprint density at radius 3 is 1.17 bits per heavy atom. The molecule has 0 fully saturated rings. The van der Waals surface area contributed by atoms with E-state index in [2.05, 4.69) is 10.2 Å². The topological polar surface area (TPSA) is 199 Å². The van der Waals surface area contributed by atoms with Crippen LogP contribution >= 0.6 is 0 Å². The van der Waals surface area contributed by atoms with Crippen molar-refractivity contribution < 1.29 is 159 Å². The number of carbonyl (C=O) groups is 2. The van der Waals surface area contributed by atoms with Crippen molar-refractivity contribution in [3.63, 3.8) is 0 Å². The van der Waals surface area contributed by atoms with E-state index in [4.69, 9.17) is 0 Å². The van der Waals surface area contributed by atoms with Crippen LogP contribution < -0.4 is 128 Å². The summed E-state index contributed by atoms with van der Waals surface area (Å²) >= 11 is 0. The Kier molecular flexibility index (Phi) is 26.9. The smallest absolute Gasteiger partial charge is 0.870 e. The molecule has 10 nitrogen and oxygen atoms in total. The van der Waals surface area contributed by atoms with Crippen LogP contribution in [0.15, 0.2) is 46.6 Å². The molecule has 0 aliphatic rings. The summed E-state index contributed by atoms with van der Waals surface area (Å²) in [6.45, 7) is 0. The van der Waals surface area contributed by atoms with Crippen molar-refractivity contribution in [1.29, 1.82) is 0 Å². The molecule has 0 aromatic heterocycles. The second kappa shape index (κ2) is 19.9. The monoisotopic (exact) mass is 448 g/mol. The molecule has 0 aliphatic carbocycles. The van der Waals surface area contributed by atoms with Gasteiger partial charge in [0.05, 0.1) is 24.5 Å². The van der Waals surface area contributed by atoms with E-state index in [1.807, 2.05) is 0 Å². The molecule has 2 aromatic carbocycles. The Morgan fingerprint density at radius 1 is 0.633 bits per heavy atom. The van der Waals surface area contributed by atoms with E-state index in [1.54, 1.807) is 0 Å². The fraction of sp³-hybridized carbons (Fsp3) is 0. The summed E-state index contributed by atoms with van der Waals surface area (Å²) in [5.41, 5.74) is -0.728. The second-order valence-corrected chi connectivity index (χ2v) is 4.52. The van der Waals surface area contributed by atoms with E-state index in [1.165, 1.54) is 24.7 Å². The maximum Gasteiger partial charge on any atom is 1.00 e. The summed E-state index contributed by atoms with van der Waals surface area (Å²) in [4.78, 5) is 43.1. The second-order valence-electron chi connectivity index (χ2n) is 4.52. The third-order valence-electron chi connectivity index (χ3n) is 2.82. The molecule has 0 atom stereocenters. The summed E-state index contributed by atoms with van der Waals surface area (Å²) in [7, 11) is 0. The molecule has 0 bridgehead atoms. The van der Waals surface area contributed by atoms with E-state index in [9.17, 15) is 29.4 Å². The van der Waals surface area contributed by atoms with Gasteiger partial charge in [0.2, 0.25) is 0 Å². The quantitative estimate of drug-likeness (QED) is 0.236. The van der Waals surface area contributed by atoms with Crippen LogP contribution in [0, 0.1) is 0 Å². The minimum absolute atomic E-state index is 0. The van der Waals surface area contributed by atoms with Gasteiger partial charge in [-0.15, -0.1) is 23.3 Å². The number of hydrogen-bond donors (Lipinski definition) is 0. The third kappa shape index (κ3) is 12.3. The summed E-state index contributed by atoms with van der Waals surface area (Å²) in [5.74, 6) is -3.03. The van der Waals surface area contributed by atoms with E-state index in [0.29, 0.717) is 0 Å². The van der Waals surface area contributed by atoms with Crippen LogP contribution in [0.25, 0.3) is 0 Å². The van der Waals surface area contributed by atoms with Gasteiger partial charge in [-0.05, 0) is 0 Å². The Morgan fingerprint density at radius 2 is 0.933 bits per heavy atom. The Labute approximate surface area is 259 Å². The van der Waals surface area contributed by atoms with Crippen LogP contribution in [0.5, 0.6) is 0 Å². The first kappa shape index (κ1) is 40.6. The van der Waals surface area contributed by atoms with Crippen molar-refractivity contribution >= 4 is 35.9 Å². The number of aromatic carboxylic acids is 2. The first-order valence-corrected chi connectivity index (χ1v) is 6.34. The van der Waals surface area contributed by atoms with Crippen LogP contribution in [0.3, 0.4) is 0 Å². The van der Waals surface area contributed by atoms with E-state index in [-0.39, 0.29) is 163 Å². The van der Waals surface area contributed by atoms with Gasteiger partial charge in [-0.2, -0.15) is 22.4 Å². The first-order chi connectivity index (χ1) is 11.4. The summed E-state index contributed by atoms with van der Waals surface area (Å²) < 4.78 is 0. The average molecular weight is 448 g/mol. The van der Waals surface area contributed by atoms with E-state index >= 15 is 0 Å². The van der Waals surface area contributed by atoms with Gasteiger partial charge in [0.25, 0.3) is 0 Å². The zero-order chi connectivity index (χ0) is 17.7. The molecule has 0 spiro atoms. The summed E-state index contributed by atoms with van der Waals surface area (Å²) in [6, 6.07) is 6.76. The van der Waals surface area contributed by atoms with Crippen molar-refractivity contribution in [3.8, 4) is 0 Å². The van der Waals surface area contributed by atoms with Gasteiger partial charge in [0.1, 0.15) is 0 Å². The maximum absolute atomic E-state index is 10.9. The molecular weight excluding hydrogens is 440 g/mol. The maximum atomic E-state index is 10.9. The van der Waals surface area contributed by atoms with Crippen LogP contribution in [0.1, 0.15) is 31.8 Å². The zero-order valence-corrected chi connectivity index (χ0v) is 24.7. The Balaban J connectivity index is -0.000000347. The third-order valence-corrected chi connectivity index (χ3v) is 2.82. The van der Waals surface area contributed by atoms with Crippen molar-refractivity contribution in [1.82, 2.24) is 0 Å². The molecule has 136 valence electrons. The fourth-order valence-corrected chi connectivity index (χ4v) is 1.81. The van der Waals surface area contributed by atoms with Crippen LogP contribution in [0.4, 0.5) is 11.4 Å². The van der Waals surface area contributed by atoms with Crippen LogP contribution in [-0.4, -0.2) is 35.5 Å². The van der Waals surface area contributed by atoms with E-state index < -0.39 is 11.9 Å². The zero-order valence-electron chi connectivity index (χ0n) is 16.7. The van der Waals surface area contributed by atoms with Gasteiger partial charge in [-0.25, -0.2) is 0 Å². The van der Waals surface area contributed by atoms with Crippen molar-refractivity contribution in [3.05, 3.63) is 58.7 Å². The number of azo groups is 1. The number of rotatable bonds is 6. The Bertz CT molecular complexity index is 822. The van der Waals surface area contributed by atoms with Gasteiger partial charge in [0.15, 0.2) is 0 Å². The number of carboxylic acids is 2. The van der Waals surface area contributed by atoms with Gasteiger partial charge < -0.3 is 40.3 Å². The molecule has 0 aliphatic heterocycles. The van der Waals surface area contributed by atoms with E-state index in [0.717, 1.165) is 24.3 Å². The number of carbonyl (C=O) groups excluding carboxylic acids is 4. The molecule has 2 rings (SSSR count). The normalized spacial score (nSPS) is 8.40. The summed E-state index contributed by atoms with van der Waals surface area (Å²) in [6.07, 6.45) is 3.05. The molecule has 0 saturated carbocycles. The largest absolute Gasteiger partial charge is 1.00 e. The summed E-state index contributed by atoms with van der Waals surface area (Å²) in [5, 5.41) is 29.2. The Hall–Kier alpha value is 0.240. The van der Waals surface area contributed by atoms with Crippen molar-refractivity contribution in [2.24, 2.45) is 10.2 Å². The molecule has 0 heterocycles. The van der Waals surface area contributed by atoms with Crippen LogP contribution in [-0.2, 0) is 9.59 Å². The van der Waals surface area contributed by atoms with Crippen molar-refractivity contribution in [2.45, 2.75) is 0 Å². The molecule has 14 heteroatoms. The SMILES string of the molecule is O=[C-]c1cc(N=Nc2cc([C-]=O)cc(C(=O)[O-])c2)cc(C(=O)[O-])c1.[Na+].[Na+].[Na+].[Na+].[OH-].[OH-]. The average Bonchev–Trinajstić information content (AvgIpc) is 2.59. The predicted octanol–water partition coefficient (Wildman–Crippen LogP) is -12.6. The molecular formula is C16H8N2Na4O8-2. The van der Waals surface area contributed by atoms with Gasteiger partial charge in [0, 0.05) is 11.4 Å². The molecule has 0 radical (unpaired) electrons. The molecule has 2 N–H and O–H groups in total. The van der Waals surface area contributed by atoms with Gasteiger partial charge >= 0.3 is 118 Å². The van der Waals surface area contributed by atoms with Gasteiger partial charge in [-0.3, -0.25) is 0 Å².